The SMILES string of the molecule is CC(C#N)CN1CCC(N(C)C)C1. The number of rotatable bonds is 3. The maximum Gasteiger partial charge on any atom is 0.0666 e. The Morgan fingerprint density at radius 3 is 2.77 bits per heavy atom. The van der Waals surface area contributed by atoms with Crippen molar-refractivity contribution in [1.29, 1.82) is 5.26 Å². The third-order valence-corrected chi connectivity index (χ3v) is 2.73. The fraction of sp³-hybridized carbons (Fsp3) is 0.900. The quantitative estimate of drug-likeness (QED) is 0.644. The number of nitrogens with zero attached hydrogens (tertiary/aromatic N) is 3. The first kappa shape index (κ1) is 10.5. The van der Waals surface area contributed by atoms with Crippen LogP contribution in [0.1, 0.15) is 13.3 Å². The smallest absolute Gasteiger partial charge is 0.0666 e. The van der Waals surface area contributed by atoms with Crippen LogP contribution in [0.4, 0.5) is 0 Å². The first-order chi connectivity index (χ1) is 6.13. The molecule has 0 N–H and O–H groups in total. The molecule has 1 heterocycles. The Labute approximate surface area is 80.9 Å². The van der Waals surface area contributed by atoms with E-state index in [1.807, 2.05) is 6.92 Å². The van der Waals surface area contributed by atoms with Crippen LogP contribution in [0.5, 0.6) is 0 Å². The van der Waals surface area contributed by atoms with Gasteiger partial charge in [0, 0.05) is 19.1 Å². The zero-order valence-electron chi connectivity index (χ0n) is 8.82. The van der Waals surface area contributed by atoms with Gasteiger partial charge in [-0.25, -0.2) is 0 Å². The number of hydrogen-bond acceptors (Lipinski definition) is 3. The van der Waals surface area contributed by atoms with E-state index in [1.165, 1.54) is 6.42 Å². The molecular formula is C10H19N3. The normalized spacial score (nSPS) is 26.2. The van der Waals surface area contributed by atoms with Gasteiger partial charge in [0.25, 0.3) is 0 Å². The number of likely N-dealkylation sites (N-methyl/N-ethyl adjacent to an activating group) is 1. The Morgan fingerprint density at radius 1 is 1.62 bits per heavy atom. The molecule has 74 valence electrons. The first-order valence-electron chi connectivity index (χ1n) is 4.92. The summed E-state index contributed by atoms with van der Waals surface area (Å²) in [5, 5.41) is 8.68. The van der Waals surface area contributed by atoms with E-state index in [0.717, 1.165) is 19.6 Å². The molecule has 3 heteroatoms. The van der Waals surface area contributed by atoms with Gasteiger partial charge in [-0.2, -0.15) is 5.26 Å². The van der Waals surface area contributed by atoms with Gasteiger partial charge in [-0.3, -0.25) is 0 Å². The van der Waals surface area contributed by atoms with E-state index in [0.29, 0.717) is 6.04 Å². The van der Waals surface area contributed by atoms with Crippen LogP contribution in [0.3, 0.4) is 0 Å². The average Bonchev–Trinajstić information content (AvgIpc) is 2.52. The van der Waals surface area contributed by atoms with Crippen LogP contribution in [0.2, 0.25) is 0 Å². The molecule has 0 aromatic rings. The summed E-state index contributed by atoms with van der Waals surface area (Å²) in [5.74, 6) is 0.168. The maximum absolute atomic E-state index is 8.68. The van der Waals surface area contributed by atoms with Crippen LogP contribution in [0, 0.1) is 17.2 Å². The molecule has 1 aliphatic heterocycles. The zero-order chi connectivity index (χ0) is 9.84. The number of nitriles is 1. The summed E-state index contributed by atoms with van der Waals surface area (Å²) in [6, 6.07) is 2.97. The van der Waals surface area contributed by atoms with E-state index in [9.17, 15) is 0 Å². The summed E-state index contributed by atoms with van der Waals surface area (Å²) < 4.78 is 0. The van der Waals surface area contributed by atoms with Gasteiger partial charge in [-0.05, 0) is 34.0 Å². The summed E-state index contributed by atoms with van der Waals surface area (Å²) in [6.07, 6.45) is 1.24. The van der Waals surface area contributed by atoms with Crippen molar-refractivity contribution >= 4 is 0 Å². The molecule has 2 unspecified atom stereocenters. The molecule has 1 fully saturated rings. The molecule has 13 heavy (non-hydrogen) atoms. The van der Waals surface area contributed by atoms with E-state index in [4.69, 9.17) is 5.26 Å². The van der Waals surface area contributed by atoms with Crippen molar-refractivity contribution in [1.82, 2.24) is 9.80 Å². The Hall–Kier alpha value is -0.590. The summed E-state index contributed by atoms with van der Waals surface area (Å²) in [4.78, 5) is 4.66. The molecule has 1 aliphatic rings. The molecule has 2 atom stereocenters. The molecule has 0 bridgehead atoms. The number of likely N-dealkylation sites (tertiary alicyclic amines) is 1. The lowest BCUT2D eigenvalue weighted by Gasteiger charge is -2.20. The van der Waals surface area contributed by atoms with Crippen LogP contribution in [0.15, 0.2) is 0 Å². The predicted octanol–water partition coefficient (Wildman–Crippen LogP) is 0.782. The van der Waals surface area contributed by atoms with E-state index in [1.54, 1.807) is 0 Å². The van der Waals surface area contributed by atoms with Gasteiger partial charge in [0.1, 0.15) is 0 Å². The number of hydrogen-bond donors (Lipinski definition) is 0. The van der Waals surface area contributed by atoms with E-state index < -0.39 is 0 Å². The van der Waals surface area contributed by atoms with Crippen molar-refractivity contribution in [3.63, 3.8) is 0 Å². The highest BCUT2D eigenvalue weighted by molar-refractivity contribution is 4.86. The topological polar surface area (TPSA) is 30.3 Å². The molecule has 1 saturated heterocycles. The van der Waals surface area contributed by atoms with Crippen molar-refractivity contribution in [3.05, 3.63) is 0 Å². The lowest BCUT2D eigenvalue weighted by Crippen LogP contribution is -2.33. The molecule has 0 radical (unpaired) electrons. The summed E-state index contributed by atoms with van der Waals surface area (Å²) >= 11 is 0. The largest absolute Gasteiger partial charge is 0.305 e. The summed E-state index contributed by atoms with van der Waals surface area (Å²) in [5.41, 5.74) is 0. The van der Waals surface area contributed by atoms with Gasteiger partial charge >= 0.3 is 0 Å². The minimum atomic E-state index is 0.168. The maximum atomic E-state index is 8.68. The van der Waals surface area contributed by atoms with E-state index in [2.05, 4.69) is 30.0 Å². The van der Waals surface area contributed by atoms with Crippen LogP contribution < -0.4 is 0 Å². The molecule has 0 aliphatic carbocycles. The molecule has 3 nitrogen and oxygen atoms in total. The predicted molar refractivity (Wildman–Crippen MR) is 53.3 cm³/mol. The lowest BCUT2D eigenvalue weighted by atomic mass is 10.2. The van der Waals surface area contributed by atoms with Gasteiger partial charge in [-0.1, -0.05) is 0 Å². The van der Waals surface area contributed by atoms with Gasteiger partial charge in [0.05, 0.1) is 12.0 Å². The molecule has 0 aromatic carbocycles. The highest BCUT2D eigenvalue weighted by Crippen LogP contribution is 2.14. The minimum Gasteiger partial charge on any atom is -0.305 e. The highest BCUT2D eigenvalue weighted by atomic mass is 15.2. The van der Waals surface area contributed by atoms with Crippen molar-refractivity contribution < 1.29 is 0 Å². The third kappa shape index (κ3) is 2.98. The second-order valence-corrected chi connectivity index (χ2v) is 4.20. The van der Waals surface area contributed by atoms with Crippen LogP contribution in [0.25, 0.3) is 0 Å². The summed E-state index contributed by atoms with van der Waals surface area (Å²) in [7, 11) is 4.25. The Balaban J connectivity index is 2.30. The van der Waals surface area contributed by atoms with Gasteiger partial charge in [0.15, 0.2) is 0 Å². The molecule has 0 aromatic heterocycles. The summed E-state index contributed by atoms with van der Waals surface area (Å²) in [6.45, 7) is 5.19. The first-order valence-corrected chi connectivity index (χ1v) is 4.92. The second-order valence-electron chi connectivity index (χ2n) is 4.20. The Bertz CT molecular complexity index is 195. The van der Waals surface area contributed by atoms with Crippen molar-refractivity contribution in [3.8, 4) is 6.07 Å². The molecule has 0 saturated carbocycles. The van der Waals surface area contributed by atoms with Crippen molar-refractivity contribution in [2.75, 3.05) is 33.7 Å². The van der Waals surface area contributed by atoms with Gasteiger partial charge in [0.2, 0.25) is 0 Å². The van der Waals surface area contributed by atoms with Gasteiger partial charge < -0.3 is 9.80 Å². The van der Waals surface area contributed by atoms with E-state index >= 15 is 0 Å². The van der Waals surface area contributed by atoms with E-state index in [-0.39, 0.29) is 5.92 Å². The standard InChI is InChI=1S/C10H19N3/c1-9(6-11)7-13-5-4-10(8-13)12(2)3/h9-10H,4-5,7-8H2,1-3H3. The van der Waals surface area contributed by atoms with Gasteiger partial charge in [-0.15, -0.1) is 0 Å². The average molecular weight is 181 g/mol. The zero-order valence-corrected chi connectivity index (χ0v) is 8.82. The fourth-order valence-corrected chi connectivity index (χ4v) is 1.83. The monoisotopic (exact) mass is 181 g/mol. The third-order valence-electron chi connectivity index (χ3n) is 2.73. The van der Waals surface area contributed by atoms with Crippen LogP contribution >= 0.6 is 0 Å². The molecular weight excluding hydrogens is 162 g/mol. The fourth-order valence-electron chi connectivity index (χ4n) is 1.83. The Kier molecular flexibility index (Phi) is 3.71. The van der Waals surface area contributed by atoms with Crippen molar-refractivity contribution in [2.45, 2.75) is 19.4 Å². The lowest BCUT2D eigenvalue weighted by molar-refractivity contribution is 0.259. The molecule has 1 rings (SSSR count). The van der Waals surface area contributed by atoms with Crippen LogP contribution in [-0.2, 0) is 0 Å². The second kappa shape index (κ2) is 4.59. The van der Waals surface area contributed by atoms with Crippen molar-refractivity contribution in [2.24, 2.45) is 5.92 Å². The van der Waals surface area contributed by atoms with Crippen LogP contribution in [-0.4, -0.2) is 49.6 Å². The Morgan fingerprint density at radius 2 is 2.31 bits per heavy atom. The molecule has 0 spiro atoms. The minimum absolute atomic E-state index is 0.168. The molecule has 0 amide bonds. The highest BCUT2D eigenvalue weighted by Gasteiger charge is 2.24.